The van der Waals surface area contributed by atoms with Crippen molar-refractivity contribution in [1.82, 2.24) is 4.90 Å². The van der Waals surface area contributed by atoms with E-state index in [9.17, 15) is 9.18 Å². The average molecular weight is 397 g/mol. The smallest absolute Gasteiger partial charge is 0.272 e. The number of nitrogens with zero attached hydrogens (tertiary/aromatic N) is 2. The first-order valence-electron chi connectivity index (χ1n) is 10.6. The zero-order chi connectivity index (χ0) is 21.2. The van der Waals surface area contributed by atoms with E-state index in [0.717, 1.165) is 50.6 Å². The van der Waals surface area contributed by atoms with Crippen LogP contribution in [0.2, 0.25) is 0 Å². The highest BCUT2D eigenvalue weighted by Gasteiger charge is 2.24. The van der Waals surface area contributed by atoms with Gasteiger partial charge in [-0.1, -0.05) is 51.0 Å². The Morgan fingerprint density at radius 1 is 1.31 bits per heavy atom. The summed E-state index contributed by atoms with van der Waals surface area (Å²) >= 11 is 0. The standard InChI is InChI=1S/C25H33FN2O/c1-5-6-8-12-24(25(29)28-17-10-7-9-11-21(28)4)27-16-15-20(3)22-14-13-19(2)18-23(22)26/h8,12-16,18,21H,3,5-7,9-11,17H2,1-2,4H3/b12-8+,16-15+,27-24-. The Bertz CT molecular complexity index is 807. The van der Waals surface area contributed by atoms with Crippen LogP contribution in [0.4, 0.5) is 4.39 Å². The number of halogens is 1. The topological polar surface area (TPSA) is 32.7 Å². The van der Waals surface area contributed by atoms with Gasteiger partial charge in [-0.05, 0) is 62.5 Å². The van der Waals surface area contributed by atoms with Gasteiger partial charge < -0.3 is 4.90 Å². The molecule has 1 amide bonds. The van der Waals surface area contributed by atoms with Crippen LogP contribution in [-0.2, 0) is 4.79 Å². The van der Waals surface area contributed by atoms with Crippen LogP contribution >= 0.6 is 0 Å². The highest BCUT2D eigenvalue weighted by Crippen LogP contribution is 2.20. The van der Waals surface area contributed by atoms with E-state index in [2.05, 4.69) is 25.4 Å². The number of aliphatic imine (C=N–C) groups is 1. The van der Waals surface area contributed by atoms with E-state index in [4.69, 9.17) is 0 Å². The molecule has 1 aromatic carbocycles. The number of carbonyl (C=O) groups is 1. The van der Waals surface area contributed by atoms with E-state index in [1.165, 1.54) is 6.07 Å². The number of rotatable bonds is 7. The Morgan fingerprint density at radius 3 is 2.83 bits per heavy atom. The van der Waals surface area contributed by atoms with Crippen molar-refractivity contribution in [2.75, 3.05) is 6.54 Å². The van der Waals surface area contributed by atoms with Crippen LogP contribution < -0.4 is 0 Å². The number of carbonyl (C=O) groups excluding carboxylic acids is 1. The van der Waals surface area contributed by atoms with Crippen molar-refractivity contribution in [2.24, 2.45) is 4.99 Å². The molecule has 0 bridgehead atoms. The molecule has 0 radical (unpaired) electrons. The molecule has 3 nitrogen and oxygen atoms in total. The minimum absolute atomic E-state index is 0.0384. The van der Waals surface area contributed by atoms with Crippen molar-refractivity contribution >= 4 is 17.2 Å². The Kier molecular flexibility index (Phi) is 9.04. The largest absolute Gasteiger partial charge is 0.335 e. The molecule has 1 unspecified atom stereocenters. The summed E-state index contributed by atoms with van der Waals surface area (Å²) < 4.78 is 14.1. The summed E-state index contributed by atoms with van der Waals surface area (Å²) in [6, 6.07) is 5.27. The molecule has 156 valence electrons. The number of unbranched alkanes of at least 4 members (excludes halogenated alkanes) is 1. The van der Waals surface area contributed by atoms with Crippen molar-refractivity contribution in [1.29, 1.82) is 0 Å². The molecule has 1 heterocycles. The Balaban J connectivity index is 2.21. The van der Waals surface area contributed by atoms with E-state index < -0.39 is 0 Å². The summed E-state index contributed by atoms with van der Waals surface area (Å²) in [5.74, 6) is -0.343. The minimum Gasteiger partial charge on any atom is -0.335 e. The summed E-state index contributed by atoms with van der Waals surface area (Å²) in [6.07, 6.45) is 13.3. The molecule has 1 atom stereocenters. The average Bonchev–Trinajstić information content (AvgIpc) is 2.90. The maximum Gasteiger partial charge on any atom is 0.272 e. The lowest BCUT2D eigenvalue weighted by atomic mass is 10.1. The van der Waals surface area contributed by atoms with Gasteiger partial charge in [-0.2, -0.15) is 0 Å². The third kappa shape index (κ3) is 6.81. The number of aryl methyl sites for hydroxylation is 1. The number of likely N-dealkylation sites (tertiary alicyclic amines) is 1. The van der Waals surface area contributed by atoms with Crippen LogP contribution in [0.5, 0.6) is 0 Å². The monoisotopic (exact) mass is 396 g/mol. The van der Waals surface area contributed by atoms with Gasteiger partial charge in [0, 0.05) is 24.4 Å². The molecule has 0 aliphatic carbocycles. The molecule has 4 heteroatoms. The SMILES string of the molecule is C=C(/C=C/N=C(/C=C/CCC)C(=O)N1CCCCCC1C)c1ccc(C)cc1F. The van der Waals surface area contributed by atoms with Gasteiger partial charge in [0.05, 0.1) is 0 Å². The summed E-state index contributed by atoms with van der Waals surface area (Å²) in [5, 5.41) is 0. The van der Waals surface area contributed by atoms with Crippen LogP contribution in [0.1, 0.15) is 63.5 Å². The van der Waals surface area contributed by atoms with E-state index in [0.29, 0.717) is 16.8 Å². The molecule has 0 N–H and O–H groups in total. The first-order valence-corrected chi connectivity index (χ1v) is 10.6. The van der Waals surface area contributed by atoms with Gasteiger partial charge in [-0.15, -0.1) is 0 Å². The van der Waals surface area contributed by atoms with E-state index in [1.807, 2.05) is 30.0 Å². The van der Waals surface area contributed by atoms with Crippen molar-refractivity contribution in [3.63, 3.8) is 0 Å². The van der Waals surface area contributed by atoms with Crippen LogP contribution in [0.3, 0.4) is 0 Å². The molecule has 1 aromatic rings. The maximum absolute atomic E-state index is 14.1. The summed E-state index contributed by atoms with van der Waals surface area (Å²) in [6.45, 7) is 10.8. The fraction of sp³-hybridized carbons (Fsp3) is 0.440. The predicted molar refractivity (Wildman–Crippen MR) is 120 cm³/mol. The molecular weight excluding hydrogens is 363 g/mol. The summed E-state index contributed by atoms with van der Waals surface area (Å²) in [7, 11) is 0. The van der Waals surface area contributed by atoms with Gasteiger partial charge in [-0.3, -0.25) is 9.79 Å². The molecule has 0 aromatic heterocycles. The first kappa shape index (κ1) is 22.8. The fourth-order valence-corrected chi connectivity index (χ4v) is 3.43. The number of benzene rings is 1. The lowest BCUT2D eigenvalue weighted by Gasteiger charge is -2.27. The van der Waals surface area contributed by atoms with Crippen LogP contribution in [0.15, 0.2) is 54.2 Å². The van der Waals surface area contributed by atoms with Crippen LogP contribution in [0.25, 0.3) is 5.57 Å². The second-order valence-corrected chi connectivity index (χ2v) is 7.73. The molecule has 1 aliphatic rings. The second kappa shape index (κ2) is 11.5. The van der Waals surface area contributed by atoms with Crippen molar-refractivity contribution in [3.8, 4) is 0 Å². The van der Waals surface area contributed by atoms with Gasteiger partial charge in [0.1, 0.15) is 11.5 Å². The maximum atomic E-state index is 14.1. The minimum atomic E-state index is -0.304. The normalized spacial score (nSPS) is 18.4. The highest BCUT2D eigenvalue weighted by atomic mass is 19.1. The third-order valence-corrected chi connectivity index (χ3v) is 5.22. The number of allylic oxidation sites excluding steroid dienone is 3. The molecule has 29 heavy (non-hydrogen) atoms. The van der Waals surface area contributed by atoms with E-state index in [1.54, 1.807) is 18.3 Å². The molecule has 2 rings (SSSR count). The summed E-state index contributed by atoms with van der Waals surface area (Å²) in [4.78, 5) is 19.5. The van der Waals surface area contributed by atoms with Crippen molar-refractivity contribution < 1.29 is 9.18 Å². The molecule has 1 fully saturated rings. The quantitative estimate of drug-likeness (QED) is 0.396. The number of hydrogen-bond donors (Lipinski definition) is 0. The van der Waals surface area contributed by atoms with E-state index in [-0.39, 0.29) is 17.8 Å². The Labute approximate surface area is 174 Å². The number of amides is 1. The zero-order valence-electron chi connectivity index (χ0n) is 18.0. The lowest BCUT2D eigenvalue weighted by molar-refractivity contribution is -0.125. The van der Waals surface area contributed by atoms with Gasteiger partial charge in [0.2, 0.25) is 0 Å². The first-order chi connectivity index (χ1) is 13.9. The molecule has 1 aliphatic heterocycles. The van der Waals surface area contributed by atoms with Gasteiger partial charge in [-0.25, -0.2) is 4.39 Å². The van der Waals surface area contributed by atoms with Gasteiger partial charge in [0.15, 0.2) is 0 Å². The molecule has 0 saturated carbocycles. The molecular formula is C25H33FN2O. The highest BCUT2D eigenvalue weighted by molar-refractivity contribution is 6.43. The van der Waals surface area contributed by atoms with E-state index >= 15 is 0 Å². The fourth-order valence-electron chi connectivity index (χ4n) is 3.43. The molecule has 0 spiro atoms. The predicted octanol–water partition coefficient (Wildman–Crippen LogP) is 6.25. The van der Waals surface area contributed by atoms with Crippen molar-refractivity contribution in [2.45, 2.75) is 65.3 Å². The van der Waals surface area contributed by atoms with Crippen molar-refractivity contribution in [3.05, 3.63) is 66.2 Å². The Hall–Kier alpha value is -2.49. The third-order valence-electron chi connectivity index (χ3n) is 5.22. The van der Waals surface area contributed by atoms with Gasteiger partial charge in [0.25, 0.3) is 5.91 Å². The lowest BCUT2D eigenvalue weighted by Crippen LogP contribution is -2.41. The van der Waals surface area contributed by atoms with Crippen LogP contribution in [0, 0.1) is 12.7 Å². The Morgan fingerprint density at radius 2 is 2.10 bits per heavy atom. The van der Waals surface area contributed by atoms with Gasteiger partial charge >= 0.3 is 0 Å². The van der Waals surface area contributed by atoms with Crippen LogP contribution in [-0.4, -0.2) is 29.1 Å². The second-order valence-electron chi connectivity index (χ2n) is 7.73. The zero-order valence-corrected chi connectivity index (χ0v) is 18.0. The number of hydrogen-bond acceptors (Lipinski definition) is 2. The molecule has 1 saturated heterocycles. The summed E-state index contributed by atoms with van der Waals surface area (Å²) in [5.41, 5.74) is 2.25.